The molecule has 0 aromatic heterocycles. The fraction of sp³-hybridized carbons (Fsp3) is 0.143. The maximum atomic E-state index is 10.6. The number of non-ortho nitro benzene ring substituents is 1. The molecule has 0 amide bonds. The SMILES string of the molecule is O=[N+]([O-])c1ccc(C(O)CNc2ccc(Br)cc2Cl)cc1. The Morgan fingerprint density at radius 1 is 1.29 bits per heavy atom. The van der Waals surface area contributed by atoms with Gasteiger partial charge < -0.3 is 10.4 Å². The highest BCUT2D eigenvalue weighted by atomic mass is 79.9. The van der Waals surface area contributed by atoms with E-state index in [0.29, 0.717) is 16.3 Å². The van der Waals surface area contributed by atoms with E-state index < -0.39 is 11.0 Å². The summed E-state index contributed by atoms with van der Waals surface area (Å²) in [6, 6.07) is 11.2. The third-order valence-corrected chi connectivity index (χ3v) is 3.71. The third kappa shape index (κ3) is 4.17. The summed E-state index contributed by atoms with van der Waals surface area (Å²) in [7, 11) is 0. The van der Waals surface area contributed by atoms with E-state index in [2.05, 4.69) is 21.2 Å². The van der Waals surface area contributed by atoms with E-state index in [1.165, 1.54) is 24.3 Å². The second-order valence-electron chi connectivity index (χ2n) is 4.37. The molecule has 0 spiro atoms. The Labute approximate surface area is 134 Å². The molecule has 1 atom stereocenters. The number of nitro benzene ring substituents is 1. The van der Waals surface area contributed by atoms with Crippen LogP contribution < -0.4 is 5.32 Å². The number of halogens is 2. The standard InChI is InChI=1S/C14H12BrClN2O3/c15-10-3-6-13(12(16)7-10)17-8-14(19)9-1-4-11(5-2-9)18(20)21/h1-7,14,17,19H,8H2. The van der Waals surface area contributed by atoms with Gasteiger partial charge >= 0.3 is 0 Å². The molecule has 0 radical (unpaired) electrons. The number of benzene rings is 2. The molecule has 110 valence electrons. The molecule has 0 aliphatic heterocycles. The average Bonchev–Trinajstić information content (AvgIpc) is 2.46. The van der Waals surface area contributed by atoms with Crippen molar-refractivity contribution < 1.29 is 10.0 Å². The van der Waals surface area contributed by atoms with Gasteiger partial charge in [-0.25, -0.2) is 0 Å². The summed E-state index contributed by atoms with van der Waals surface area (Å²) in [5.41, 5.74) is 1.30. The maximum absolute atomic E-state index is 10.6. The van der Waals surface area contributed by atoms with Gasteiger partial charge in [0.2, 0.25) is 0 Å². The lowest BCUT2D eigenvalue weighted by molar-refractivity contribution is -0.384. The molecule has 2 rings (SSSR count). The first-order valence-corrected chi connectivity index (χ1v) is 7.26. The Hall–Kier alpha value is -1.63. The lowest BCUT2D eigenvalue weighted by Crippen LogP contribution is -2.12. The van der Waals surface area contributed by atoms with Crippen molar-refractivity contribution in [3.05, 3.63) is 67.6 Å². The van der Waals surface area contributed by atoms with Gasteiger partial charge in [-0.3, -0.25) is 10.1 Å². The summed E-state index contributed by atoms with van der Waals surface area (Å²) in [4.78, 5) is 10.1. The van der Waals surface area contributed by atoms with Crippen molar-refractivity contribution in [1.29, 1.82) is 0 Å². The van der Waals surface area contributed by atoms with Crippen LogP contribution in [0.2, 0.25) is 5.02 Å². The molecule has 1 unspecified atom stereocenters. The zero-order valence-electron chi connectivity index (χ0n) is 10.8. The number of nitrogens with one attached hydrogen (secondary N) is 1. The van der Waals surface area contributed by atoms with Gasteiger partial charge in [-0.1, -0.05) is 27.5 Å². The summed E-state index contributed by atoms with van der Waals surface area (Å²) in [6.07, 6.45) is -0.787. The molecule has 0 fully saturated rings. The lowest BCUT2D eigenvalue weighted by Gasteiger charge is -2.14. The normalized spacial score (nSPS) is 12.0. The number of aliphatic hydroxyl groups excluding tert-OH is 1. The van der Waals surface area contributed by atoms with Crippen LogP contribution in [0, 0.1) is 10.1 Å². The van der Waals surface area contributed by atoms with Crippen molar-refractivity contribution in [2.75, 3.05) is 11.9 Å². The molecule has 2 N–H and O–H groups in total. The van der Waals surface area contributed by atoms with Gasteiger partial charge in [0.1, 0.15) is 0 Å². The minimum atomic E-state index is -0.787. The van der Waals surface area contributed by atoms with Crippen LogP contribution in [0.25, 0.3) is 0 Å². The van der Waals surface area contributed by atoms with Crippen LogP contribution in [0.1, 0.15) is 11.7 Å². The first-order valence-electron chi connectivity index (χ1n) is 6.08. The summed E-state index contributed by atoms with van der Waals surface area (Å²) < 4.78 is 0.869. The Bertz CT molecular complexity index is 649. The van der Waals surface area contributed by atoms with Crippen molar-refractivity contribution in [2.24, 2.45) is 0 Å². The zero-order chi connectivity index (χ0) is 15.4. The summed E-state index contributed by atoms with van der Waals surface area (Å²) in [5.74, 6) is 0. The van der Waals surface area contributed by atoms with Crippen LogP contribution in [0.4, 0.5) is 11.4 Å². The molecule has 0 bridgehead atoms. The second kappa shape index (κ2) is 6.89. The van der Waals surface area contributed by atoms with Crippen LogP contribution in [-0.4, -0.2) is 16.6 Å². The van der Waals surface area contributed by atoms with Gasteiger partial charge in [-0.15, -0.1) is 0 Å². The van der Waals surface area contributed by atoms with E-state index in [0.717, 1.165) is 4.47 Å². The van der Waals surface area contributed by atoms with E-state index in [-0.39, 0.29) is 12.2 Å². The number of hydrogen-bond donors (Lipinski definition) is 2. The fourth-order valence-electron chi connectivity index (χ4n) is 1.78. The number of hydrogen-bond acceptors (Lipinski definition) is 4. The molecule has 21 heavy (non-hydrogen) atoms. The summed E-state index contributed by atoms with van der Waals surface area (Å²) >= 11 is 9.38. The van der Waals surface area contributed by atoms with Gasteiger partial charge in [0, 0.05) is 23.2 Å². The third-order valence-electron chi connectivity index (χ3n) is 2.91. The van der Waals surface area contributed by atoms with Crippen LogP contribution in [0.3, 0.4) is 0 Å². The molecule has 5 nitrogen and oxygen atoms in total. The summed E-state index contributed by atoms with van der Waals surface area (Å²) in [5, 5.41) is 24.2. The van der Waals surface area contributed by atoms with Crippen molar-refractivity contribution in [3.8, 4) is 0 Å². The van der Waals surface area contributed by atoms with Crippen LogP contribution >= 0.6 is 27.5 Å². The first kappa shape index (κ1) is 15.8. The monoisotopic (exact) mass is 370 g/mol. The molecular weight excluding hydrogens is 360 g/mol. The van der Waals surface area contributed by atoms with Crippen molar-refractivity contribution in [3.63, 3.8) is 0 Å². The number of nitrogens with zero attached hydrogens (tertiary/aromatic N) is 1. The van der Waals surface area contributed by atoms with E-state index in [1.54, 1.807) is 12.1 Å². The van der Waals surface area contributed by atoms with Gasteiger partial charge in [0.15, 0.2) is 0 Å². The summed E-state index contributed by atoms with van der Waals surface area (Å²) in [6.45, 7) is 0.249. The Morgan fingerprint density at radius 2 is 1.95 bits per heavy atom. The molecule has 0 aliphatic carbocycles. The maximum Gasteiger partial charge on any atom is 0.269 e. The van der Waals surface area contributed by atoms with E-state index in [9.17, 15) is 15.2 Å². The predicted octanol–water partition coefficient (Wildman–Crippen LogP) is 4.16. The minimum Gasteiger partial charge on any atom is -0.387 e. The Morgan fingerprint density at radius 3 is 2.52 bits per heavy atom. The molecule has 7 heteroatoms. The van der Waals surface area contributed by atoms with Crippen molar-refractivity contribution in [1.82, 2.24) is 0 Å². The predicted molar refractivity (Wildman–Crippen MR) is 85.7 cm³/mol. The number of nitro groups is 1. The first-order chi connectivity index (χ1) is 9.97. The van der Waals surface area contributed by atoms with Gasteiger partial charge in [0.05, 0.1) is 21.7 Å². The second-order valence-corrected chi connectivity index (χ2v) is 5.69. The van der Waals surface area contributed by atoms with Gasteiger partial charge in [-0.05, 0) is 35.9 Å². The van der Waals surface area contributed by atoms with E-state index >= 15 is 0 Å². The average molecular weight is 372 g/mol. The Kier molecular flexibility index (Phi) is 5.17. The van der Waals surface area contributed by atoms with Crippen molar-refractivity contribution >= 4 is 38.9 Å². The molecule has 0 heterocycles. The quantitative estimate of drug-likeness (QED) is 0.611. The van der Waals surface area contributed by atoms with Crippen LogP contribution in [0.15, 0.2) is 46.9 Å². The highest BCUT2D eigenvalue weighted by molar-refractivity contribution is 9.10. The number of rotatable bonds is 5. The van der Waals surface area contributed by atoms with Crippen LogP contribution in [-0.2, 0) is 0 Å². The van der Waals surface area contributed by atoms with Gasteiger partial charge in [0.25, 0.3) is 5.69 Å². The number of anilines is 1. The molecule has 0 saturated heterocycles. The topological polar surface area (TPSA) is 75.4 Å². The van der Waals surface area contributed by atoms with E-state index in [4.69, 9.17) is 11.6 Å². The highest BCUT2D eigenvalue weighted by Crippen LogP contribution is 2.26. The molecule has 0 aliphatic rings. The zero-order valence-corrected chi connectivity index (χ0v) is 13.1. The fourth-order valence-corrected chi connectivity index (χ4v) is 2.52. The van der Waals surface area contributed by atoms with Crippen molar-refractivity contribution in [2.45, 2.75) is 6.10 Å². The van der Waals surface area contributed by atoms with Gasteiger partial charge in [-0.2, -0.15) is 0 Å². The van der Waals surface area contributed by atoms with Crippen LogP contribution in [0.5, 0.6) is 0 Å². The number of aliphatic hydroxyl groups is 1. The molecular formula is C14H12BrClN2O3. The lowest BCUT2D eigenvalue weighted by atomic mass is 10.1. The molecule has 2 aromatic carbocycles. The highest BCUT2D eigenvalue weighted by Gasteiger charge is 2.11. The molecule has 2 aromatic rings. The Balaban J connectivity index is 2.01. The minimum absolute atomic E-state index is 0.00476. The molecule has 0 saturated carbocycles. The van der Waals surface area contributed by atoms with E-state index in [1.807, 2.05) is 6.07 Å². The smallest absolute Gasteiger partial charge is 0.269 e. The largest absolute Gasteiger partial charge is 0.387 e.